The van der Waals surface area contributed by atoms with E-state index in [2.05, 4.69) is 5.32 Å². The van der Waals surface area contributed by atoms with Crippen molar-refractivity contribution in [1.82, 2.24) is 5.32 Å². The van der Waals surface area contributed by atoms with Gasteiger partial charge in [-0.05, 0) is 36.1 Å². The minimum atomic E-state index is -0.823. The van der Waals surface area contributed by atoms with Gasteiger partial charge in [-0.25, -0.2) is 4.39 Å². The molecule has 0 fully saturated rings. The number of carbonyl (C=O) groups excluding carboxylic acids is 1. The average molecular weight is 305 g/mol. The monoisotopic (exact) mass is 305 g/mol. The molecule has 0 saturated heterocycles. The third-order valence-corrected chi connectivity index (χ3v) is 3.82. The normalized spacial score (nSPS) is 12.0. The van der Waals surface area contributed by atoms with Crippen LogP contribution < -0.4 is 5.32 Å². The van der Waals surface area contributed by atoms with Crippen LogP contribution in [0.1, 0.15) is 22.0 Å². The Bertz CT molecular complexity index is 616. The predicted octanol–water partition coefficient (Wildman–Crippen LogP) is 3.01. The number of hydrogen-bond donors (Lipinski definition) is 2. The van der Waals surface area contributed by atoms with Gasteiger partial charge in [0, 0.05) is 11.4 Å². The fourth-order valence-electron chi connectivity index (χ4n) is 1.87. The molecule has 0 heterocycles. The van der Waals surface area contributed by atoms with E-state index in [-0.39, 0.29) is 12.1 Å². The Labute approximate surface area is 127 Å². The van der Waals surface area contributed by atoms with Crippen LogP contribution in [-0.2, 0) is 0 Å². The molecule has 0 aliphatic carbocycles. The van der Waals surface area contributed by atoms with Crippen molar-refractivity contribution in [3.8, 4) is 0 Å². The van der Waals surface area contributed by atoms with Crippen LogP contribution in [0.3, 0.4) is 0 Å². The quantitative estimate of drug-likeness (QED) is 0.835. The minimum absolute atomic E-state index is 0.0255. The molecule has 2 rings (SSSR count). The lowest BCUT2D eigenvalue weighted by Gasteiger charge is -2.13. The number of amides is 1. The molecule has 2 aromatic rings. The van der Waals surface area contributed by atoms with Gasteiger partial charge in [-0.2, -0.15) is 0 Å². The number of rotatable bonds is 5. The Morgan fingerprint density at radius 2 is 1.90 bits per heavy atom. The summed E-state index contributed by atoms with van der Waals surface area (Å²) in [5.74, 6) is -1.11. The third-order valence-electron chi connectivity index (χ3n) is 3.08. The number of carbonyl (C=O) groups is 1. The zero-order valence-electron chi connectivity index (χ0n) is 11.5. The molecule has 0 saturated carbocycles. The third kappa shape index (κ3) is 4.06. The molecule has 0 aliphatic heterocycles. The molecule has 0 radical (unpaired) electrons. The largest absolute Gasteiger partial charge is 0.387 e. The molecular formula is C16H16FNO2S. The summed E-state index contributed by atoms with van der Waals surface area (Å²) in [5.41, 5.74) is 0.684. The Morgan fingerprint density at radius 3 is 2.52 bits per heavy atom. The molecule has 0 bridgehead atoms. The summed E-state index contributed by atoms with van der Waals surface area (Å²) in [6, 6.07) is 13.2. The highest BCUT2D eigenvalue weighted by Gasteiger charge is 2.13. The lowest BCUT2D eigenvalue weighted by molar-refractivity contribution is 0.0912. The Hall–Kier alpha value is -1.85. The standard InChI is InChI=1S/C16H16FNO2S/c1-21-12-8-6-11(7-9-12)15(19)10-18-16(20)13-4-2-3-5-14(13)17/h2-9,15,19H,10H2,1H3,(H,18,20). The molecule has 2 N–H and O–H groups in total. The number of aliphatic hydroxyl groups is 1. The van der Waals surface area contributed by atoms with Crippen molar-refractivity contribution in [3.05, 3.63) is 65.5 Å². The average Bonchev–Trinajstić information content (AvgIpc) is 2.52. The number of aliphatic hydroxyl groups excluding tert-OH is 1. The number of thioether (sulfide) groups is 1. The second kappa shape index (κ2) is 7.24. The first-order valence-corrected chi connectivity index (χ1v) is 7.69. The molecule has 21 heavy (non-hydrogen) atoms. The number of benzene rings is 2. The highest BCUT2D eigenvalue weighted by atomic mass is 32.2. The van der Waals surface area contributed by atoms with Gasteiger partial charge in [-0.1, -0.05) is 24.3 Å². The van der Waals surface area contributed by atoms with Crippen molar-refractivity contribution in [1.29, 1.82) is 0 Å². The Morgan fingerprint density at radius 1 is 1.24 bits per heavy atom. The van der Waals surface area contributed by atoms with Crippen molar-refractivity contribution in [3.63, 3.8) is 0 Å². The second-order valence-electron chi connectivity index (χ2n) is 4.48. The van der Waals surface area contributed by atoms with Gasteiger partial charge in [-0.3, -0.25) is 4.79 Å². The van der Waals surface area contributed by atoms with E-state index in [1.807, 2.05) is 30.5 Å². The van der Waals surface area contributed by atoms with Crippen LogP contribution in [-0.4, -0.2) is 23.8 Å². The Balaban J connectivity index is 1.95. The summed E-state index contributed by atoms with van der Waals surface area (Å²) >= 11 is 1.61. The first-order valence-electron chi connectivity index (χ1n) is 6.46. The van der Waals surface area contributed by atoms with E-state index >= 15 is 0 Å². The van der Waals surface area contributed by atoms with E-state index in [0.29, 0.717) is 5.56 Å². The van der Waals surface area contributed by atoms with E-state index in [1.165, 1.54) is 18.2 Å². The highest BCUT2D eigenvalue weighted by Crippen LogP contribution is 2.18. The fourth-order valence-corrected chi connectivity index (χ4v) is 2.28. The highest BCUT2D eigenvalue weighted by molar-refractivity contribution is 7.98. The molecule has 2 aromatic carbocycles. The molecule has 1 unspecified atom stereocenters. The van der Waals surface area contributed by atoms with Gasteiger partial charge >= 0.3 is 0 Å². The first-order chi connectivity index (χ1) is 10.1. The van der Waals surface area contributed by atoms with Gasteiger partial charge in [0.15, 0.2) is 0 Å². The van der Waals surface area contributed by atoms with E-state index in [0.717, 1.165) is 4.90 Å². The Kier molecular flexibility index (Phi) is 5.36. The smallest absolute Gasteiger partial charge is 0.254 e. The van der Waals surface area contributed by atoms with Crippen LogP contribution in [0.4, 0.5) is 4.39 Å². The lowest BCUT2D eigenvalue weighted by Crippen LogP contribution is -2.29. The van der Waals surface area contributed by atoms with E-state index in [9.17, 15) is 14.3 Å². The summed E-state index contributed by atoms with van der Waals surface area (Å²) in [7, 11) is 0. The van der Waals surface area contributed by atoms with Crippen LogP contribution in [0.25, 0.3) is 0 Å². The maximum absolute atomic E-state index is 13.4. The summed E-state index contributed by atoms with van der Waals surface area (Å²) in [5, 5.41) is 12.6. The zero-order chi connectivity index (χ0) is 15.2. The van der Waals surface area contributed by atoms with Crippen molar-refractivity contribution in [2.75, 3.05) is 12.8 Å². The van der Waals surface area contributed by atoms with Crippen LogP contribution in [0.5, 0.6) is 0 Å². The number of nitrogens with one attached hydrogen (secondary N) is 1. The topological polar surface area (TPSA) is 49.3 Å². The summed E-state index contributed by atoms with van der Waals surface area (Å²) in [6.45, 7) is 0.0335. The number of halogens is 1. The van der Waals surface area contributed by atoms with Gasteiger partial charge in [0.25, 0.3) is 5.91 Å². The van der Waals surface area contributed by atoms with Crippen molar-refractivity contribution in [2.45, 2.75) is 11.0 Å². The molecule has 0 spiro atoms. The summed E-state index contributed by atoms with van der Waals surface area (Å²) < 4.78 is 13.4. The van der Waals surface area contributed by atoms with Crippen molar-refractivity contribution >= 4 is 17.7 Å². The van der Waals surface area contributed by atoms with Crippen molar-refractivity contribution < 1.29 is 14.3 Å². The van der Waals surface area contributed by atoms with Crippen molar-refractivity contribution in [2.24, 2.45) is 0 Å². The maximum Gasteiger partial charge on any atom is 0.254 e. The van der Waals surface area contributed by atoms with Gasteiger partial charge < -0.3 is 10.4 Å². The maximum atomic E-state index is 13.4. The first kappa shape index (κ1) is 15.5. The predicted molar refractivity (Wildman–Crippen MR) is 81.9 cm³/mol. The van der Waals surface area contributed by atoms with Gasteiger partial charge in [-0.15, -0.1) is 11.8 Å². The van der Waals surface area contributed by atoms with E-state index < -0.39 is 17.8 Å². The lowest BCUT2D eigenvalue weighted by atomic mass is 10.1. The molecule has 1 amide bonds. The molecule has 5 heteroatoms. The second-order valence-corrected chi connectivity index (χ2v) is 5.36. The summed E-state index contributed by atoms with van der Waals surface area (Å²) in [6.07, 6.45) is 1.15. The van der Waals surface area contributed by atoms with Crippen LogP contribution in [0.15, 0.2) is 53.4 Å². The molecule has 110 valence electrons. The molecule has 0 aliphatic rings. The van der Waals surface area contributed by atoms with E-state index in [1.54, 1.807) is 17.8 Å². The number of hydrogen-bond acceptors (Lipinski definition) is 3. The fraction of sp³-hybridized carbons (Fsp3) is 0.188. The molecule has 3 nitrogen and oxygen atoms in total. The van der Waals surface area contributed by atoms with Crippen LogP contribution >= 0.6 is 11.8 Å². The zero-order valence-corrected chi connectivity index (χ0v) is 12.4. The van der Waals surface area contributed by atoms with Gasteiger partial charge in [0.05, 0.1) is 11.7 Å². The minimum Gasteiger partial charge on any atom is -0.387 e. The SMILES string of the molecule is CSc1ccc(C(O)CNC(=O)c2ccccc2F)cc1. The van der Waals surface area contributed by atoms with Gasteiger partial charge in [0.1, 0.15) is 5.82 Å². The van der Waals surface area contributed by atoms with Gasteiger partial charge in [0.2, 0.25) is 0 Å². The summed E-state index contributed by atoms with van der Waals surface area (Å²) in [4.78, 5) is 12.9. The van der Waals surface area contributed by atoms with Crippen LogP contribution in [0.2, 0.25) is 0 Å². The molecular weight excluding hydrogens is 289 g/mol. The molecule has 1 atom stereocenters. The van der Waals surface area contributed by atoms with E-state index in [4.69, 9.17) is 0 Å². The molecule has 0 aromatic heterocycles. The van der Waals surface area contributed by atoms with Crippen LogP contribution in [0, 0.1) is 5.82 Å².